The second-order valence-corrected chi connectivity index (χ2v) is 7.17. The summed E-state index contributed by atoms with van der Waals surface area (Å²) in [6, 6.07) is 15.1. The Bertz CT molecular complexity index is 1050. The number of benzene rings is 2. The van der Waals surface area contributed by atoms with Crippen molar-refractivity contribution in [2.24, 2.45) is 0 Å². The first-order valence-corrected chi connectivity index (χ1v) is 9.61. The third kappa shape index (κ3) is 4.27. The van der Waals surface area contributed by atoms with Crippen molar-refractivity contribution >= 4 is 24.2 Å². The number of nitrogens with zero attached hydrogens (tertiary/aromatic N) is 3. The number of hydrogen-bond acceptors (Lipinski definition) is 6. The van der Waals surface area contributed by atoms with Crippen LogP contribution in [0.3, 0.4) is 0 Å². The highest BCUT2D eigenvalue weighted by Gasteiger charge is 2.35. The van der Waals surface area contributed by atoms with Crippen LogP contribution >= 0.6 is 12.4 Å². The monoisotopic (exact) mass is 426 g/mol. The summed E-state index contributed by atoms with van der Waals surface area (Å²) in [4.78, 5) is 31.2. The number of amides is 2. The number of imide groups is 1. The quantitative estimate of drug-likeness (QED) is 0.584. The lowest BCUT2D eigenvalue weighted by atomic mass is 10.1. The van der Waals surface area contributed by atoms with E-state index in [1.54, 1.807) is 18.2 Å². The molecule has 0 spiro atoms. The molecule has 0 aliphatic carbocycles. The van der Waals surface area contributed by atoms with Crippen molar-refractivity contribution in [2.45, 2.75) is 25.8 Å². The molecule has 0 saturated heterocycles. The van der Waals surface area contributed by atoms with E-state index in [0.717, 1.165) is 5.56 Å². The van der Waals surface area contributed by atoms with Gasteiger partial charge in [0.15, 0.2) is 5.82 Å². The zero-order valence-electron chi connectivity index (χ0n) is 16.8. The number of halogens is 1. The van der Waals surface area contributed by atoms with E-state index in [2.05, 4.69) is 15.5 Å². The standard InChI is InChI=1S/C22H22N4O3.ClH/c1-14(23-2)12-19-24-20(29-25-19)16-8-9-17-18(13-16)22(28)26(21(17)27)11-10-15-6-4-3-5-7-15;/h3-9,13-14,23H,10-12H2,1-2H3;1H. The van der Waals surface area contributed by atoms with Gasteiger partial charge in [-0.1, -0.05) is 35.5 Å². The Balaban J connectivity index is 0.00000256. The molecule has 1 aromatic heterocycles. The largest absolute Gasteiger partial charge is 0.334 e. The fourth-order valence-corrected chi connectivity index (χ4v) is 3.34. The highest BCUT2D eigenvalue weighted by Crippen LogP contribution is 2.28. The summed E-state index contributed by atoms with van der Waals surface area (Å²) >= 11 is 0. The molecule has 30 heavy (non-hydrogen) atoms. The molecule has 1 N–H and O–H groups in total. The Morgan fingerprint density at radius 3 is 2.53 bits per heavy atom. The maximum atomic E-state index is 12.8. The van der Waals surface area contributed by atoms with Crippen LogP contribution in [-0.4, -0.2) is 46.5 Å². The Kier molecular flexibility index (Phi) is 6.64. The number of aromatic nitrogens is 2. The summed E-state index contributed by atoms with van der Waals surface area (Å²) < 4.78 is 5.35. The Labute approximate surface area is 180 Å². The minimum Gasteiger partial charge on any atom is -0.334 e. The van der Waals surface area contributed by atoms with E-state index in [-0.39, 0.29) is 30.3 Å². The maximum Gasteiger partial charge on any atom is 0.261 e. The van der Waals surface area contributed by atoms with Gasteiger partial charge in [0.1, 0.15) is 0 Å². The van der Waals surface area contributed by atoms with E-state index in [4.69, 9.17) is 4.52 Å². The van der Waals surface area contributed by atoms with E-state index >= 15 is 0 Å². The van der Waals surface area contributed by atoms with Gasteiger partial charge < -0.3 is 9.84 Å². The van der Waals surface area contributed by atoms with Crippen molar-refractivity contribution in [3.05, 3.63) is 71.0 Å². The predicted octanol–water partition coefficient (Wildman–Crippen LogP) is 3.15. The lowest BCUT2D eigenvalue weighted by Gasteiger charge is -2.13. The third-order valence-electron chi connectivity index (χ3n) is 5.13. The second kappa shape index (κ2) is 9.19. The SMILES string of the molecule is CNC(C)Cc1noc(-c2ccc3c(c2)C(=O)N(CCc2ccccc2)C3=O)n1.Cl. The summed E-state index contributed by atoms with van der Waals surface area (Å²) in [5, 5.41) is 7.12. The van der Waals surface area contributed by atoms with Gasteiger partial charge in [0.25, 0.3) is 17.7 Å². The van der Waals surface area contributed by atoms with E-state index in [1.807, 2.05) is 44.3 Å². The molecule has 0 radical (unpaired) electrons. The van der Waals surface area contributed by atoms with E-state index in [0.29, 0.717) is 47.8 Å². The molecule has 2 aromatic carbocycles. The molecule has 1 aliphatic rings. The van der Waals surface area contributed by atoms with Gasteiger partial charge in [-0.2, -0.15) is 4.98 Å². The lowest BCUT2D eigenvalue weighted by molar-refractivity contribution is 0.0656. The average Bonchev–Trinajstić information content (AvgIpc) is 3.30. The normalized spacial score (nSPS) is 13.9. The Morgan fingerprint density at radius 2 is 1.80 bits per heavy atom. The van der Waals surface area contributed by atoms with Gasteiger partial charge in [-0.25, -0.2) is 0 Å². The third-order valence-corrected chi connectivity index (χ3v) is 5.13. The van der Waals surface area contributed by atoms with Gasteiger partial charge in [-0.3, -0.25) is 14.5 Å². The smallest absolute Gasteiger partial charge is 0.261 e. The van der Waals surface area contributed by atoms with Crippen molar-refractivity contribution < 1.29 is 14.1 Å². The number of fused-ring (bicyclic) bond motifs is 1. The molecule has 7 nitrogen and oxygen atoms in total. The molecule has 3 aromatic rings. The predicted molar refractivity (Wildman–Crippen MR) is 115 cm³/mol. The number of hydrogen-bond donors (Lipinski definition) is 1. The second-order valence-electron chi connectivity index (χ2n) is 7.17. The average molecular weight is 427 g/mol. The van der Waals surface area contributed by atoms with Crippen LogP contribution < -0.4 is 5.32 Å². The number of carbonyl (C=O) groups excluding carboxylic acids is 2. The van der Waals surface area contributed by atoms with Crippen molar-refractivity contribution in [3.8, 4) is 11.5 Å². The number of carbonyl (C=O) groups is 2. The fraction of sp³-hybridized carbons (Fsp3) is 0.273. The van der Waals surface area contributed by atoms with Crippen molar-refractivity contribution in [1.29, 1.82) is 0 Å². The minimum absolute atomic E-state index is 0. The van der Waals surface area contributed by atoms with Crippen LogP contribution in [0.15, 0.2) is 53.1 Å². The zero-order valence-corrected chi connectivity index (χ0v) is 17.6. The summed E-state index contributed by atoms with van der Waals surface area (Å²) in [5.74, 6) is 0.385. The summed E-state index contributed by atoms with van der Waals surface area (Å²) in [5.41, 5.74) is 2.50. The number of rotatable bonds is 7. The molecular weight excluding hydrogens is 404 g/mol. The molecule has 0 fully saturated rings. The van der Waals surface area contributed by atoms with Crippen LogP contribution in [0.4, 0.5) is 0 Å². The molecule has 1 aliphatic heterocycles. The van der Waals surface area contributed by atoms with Crippen molar-refractivity contribution in [2.75, 3.05) is 13.6 Å². The molecule has 0 saturated carbocycles. The molecule has 8 heteroatoms. The van der Waals surface area contributed by atoms with Crippen molar-refractivity contribution in [3.63, 3.8) is 0 Å². The highest BCUT2D eigenvalue weighted by atomic mass is 35.5. The van der Waals surface area contributed by atoms with Gasteiger partial charge in [0, 0.05) is 24.6 Å². The van der Waals surface area contributed by atoms with Crippen molar-refractivity contribution in [1.82, 2.24) is 20.4 Å². The molecule has 4 rings (SSSR count). The van der Waals surface area contributed by atoms with Crippen LogP contribution in [0.25, 0.3) is 11.5 Å². The number of nitrogens with one attached hydrogen (secondary N) is 1. The minimum atomic E-state index is -0.286. The number of likely N-dealkylation sites (N-methyl/N-ethyl adjacent to an activating group) is 1. The Morgan fingerprint density at radius 1 is 1.07 bits per heavy atom. The topological polar surface area (TPSA) is 88.3 Å². The van der Waals surface area contributed by atoms with Crippen LogP contribution in [0, 0.1) is 0 Å². The van der Waals surface area contributed by atoms with Crippen LogP contribution in [-0.2, 0) is 12.8 Å². The first-order chi connectivity index (χ1) is 14.1. The molecule has 2 amide bonds. The van der Waals surface area contributed by atoms with Crippen LogP contribution in [0.5, 0.6) is 0 Å². The summed E-state index contributed by atoms with van der Waals surface area (Å²) in [6.07, 6.45) is 1.26. The summed E-state index contributed by atoms with van der Waals surface area (Å²) in [6.45, 7) is 2.37. The molecular formula is C22H23ClN4O3. The van der Waals surface area contributed by atoms with Gasteiger partial charge in [0.2, 0.25) is 0 Å². The lowest BCUT2D eigenvalue weighted by Crippen LogP contribution is -2.31. The van der Waals surface area contributed by atoms with Gasteiger partial charge in [-0.15, -0.1) is 12.4 Å². The van der Waals surface area contributed by atoms with Gasteiger partial charge in [0.05, 0.1) is 11.1 Å². The van der Waals surface area contributed by atoms with E-state index < -0.39 is 0 Å². The Hall–Kier alpha value is -3.03. The maximum absolute atomic E-state index is 12.8. The highest BCUT2D eigenvalue weighted by molar-refractivity contribution is 6.21. The molecule has 2 heterocycles. The van der Waals surface area contributed by atoms with Gasteiger partial charge >= 0.3 is 0 Å². The van der Waals surface area contributed by atoms with Crippen LogP contribution in [0.1, 0.15) is 39.0 Å². The molecule has 1 atom stereocenters. The summed E-state index contributed by atoms with van der Waals surface area (Å²) in [7, 11) is 1.87. The molecule has 156 valence electrons. The van der Waals surface area contributed by atoms with Gasteiger partial charge in [-0.05, 0) is 44.2 Å². The first kappa shape index (κ1) is 21.7. The molecule has 1 unspecified atom stereocenters. The van der Waals surface area contributed by atoms with Crippen LogP contribution in [0.2, 0.25) is 0 Å². The first-order valence-electron chi connectivity index (χ1n) is 9.61. The zero-order chi connectivity index (χ0) is 20.4. The van der Waals surface area contributed by atoms with E-state index in [1.165, 1.54) is 4.90 Å². The fourth-order valence-electron chi connectivity index (χ4n) is 3.34. The van der Waals surface area contributed by atoms with E-state index in [9.17, 15) is 9.59 Å². The molecule has 0 bridgehead atoms.